The number of nitrogens with zero attached hydrogens (tertiary/aromatic N) is 2. The van der Waals surface area contributed by atoms with E-state index >= 15 is 0 Å². The summed E-state index contributed by atoms with van der Waals surface area (Å²) in [6.45, 7) is 4.65. The van der Waals surface area contributed by atoms with Crippen LogP contribution in [0.1, 0.15) is 39.4 Å². The predicted molar refractivity (Wildman–Crippen MR) is 138 cm³/mol. The summed E-state index contributed by atoms with van der Waals surface area (Å²) in [5.41, 5.74) is 1.80. The van der Waals surface area contributed by atoms with Crippen molar-refractivity contribution in [3.8, 4) is 17.6 Å². The topological polar surface area (TPSA) is 70.1 Å². The summed E-state index contributed by atoms with van der Waals surface area (Å²) in [6.07, 6.45) is -0.0473. The Labute approximate surface area is 213 Å². The molecule has 0 aliphatic carbocycles. The van der Waals surface area contributed by atoms with Crippen LogP contribution in [0.5, 0.6) is 5.75 Å². The molecule has 2 heterocycles. The second kappa shape index (κ2) is 11.7. The van der Waals surface area contributed by atoms with E-state index in [0.29, 0.717) is 43.4 Å². The number of carboxylic acid groups (broad SMARTS) is 1. The van der Waals surface area contributed by atoms with Gasteiger partial charge in [0.25, 0.3) is 5.91 Å². The third-order valence-electron chi connectivity index (χ3n) is 5.99. The SMILES string of the molecule is CC#C[C@H](CC(=O)O)c1ccc(OCc2ccc(C(=O)N3CCN(c4ccc(F)cc4)CC3)s2)cc1. The van der Waals surface area contributed by atoms with Crippen molar-refractivity contribution < 1.29 is 23.8 Å². The van der Waals surface area contributed by atoms with Crippen molar-refractivity contribution in [2.45, 2.75) is 25.9 Å². The zero-order chi connectivity index (χ0) is 25.5. The third kappa shape index (κ3) is 6.43. The summed E-state index contributed by atoms with van der Waals surface area (Å²) in [5.74, 6) is 4.90. The van der Waals surface area contributed by atoms with Crippen LogP contribution >= 0.6 is 11.3 Å². The zero-order valence-corrected chi connectivity index (χ0v) is 20.8. The number of carbonyl (C=O) groups excluding carboxylic acids is 1. The molecule has 1 amide bonds. The van der Waals surface area contributed by atoms with Crippen LogP contribution in [0.3, 0.4) is 0 Å². The van der Waals surface area contributed by atoms with Crippen molar-refractivity contribution in [3.05, 3.63) is 81.8 Å². The second-order valence-corrected chi connectivity index (χ2v) is 9.59. The van der Waals surface area contributed by atoms with Crippen molar-refractivity contribution in [1.29, 1.82) is 0 Å². The highest BCUT2D eigenvalue weighted by Crippen LogP contribution is 2.25. The van der Waals surface area contributed by atoms with Gasteiger partial charge >= 0.3 is 5.97 Å². The molecule has 1 atom stereocenters. The number of rotatable bonds is 8. The van der Waals surface area contributed by atoms with E-state index in [0.717, 1.165) is 16.1 Å². The van der Waals surface area contributed by atoms with Gasteiger partial charge in [-0.1, -0.05) is 18.1 Å². The van der Waals surface area contributed by atoms with Gasteiger partial charge in [-0.25, -0.2) is 4.39 Å². The quantitative estimate of drug-likeness (QED) is 0.435. The Balaban J connectivity index is 1.29. The molecule has 1 aromatic heterocycles. The minimum atomic E-state index is -0.888. The third-order valence-corrected chi connectivity index (χ3v) is 7.04. The molecule has 0 unspecified atom stereocenters. The normalized spacial score (nSPS) is 14.1. The average molecular weight is 507 g/mol. The largest absolute Gasteiger partial charge is 0.488 e. The van der Waals surface area contributed by atoms with Crippen molar-refractivity contribution >= 4 is 28.9 Å². The van der Waals surface area contributed by atoms with Gasteiger partial charge in [0.15, 0.2) is 0 Å². The van der Waals surface area contributed by atoms with Crippen LogP contribution in [0.4, 0.5) is 10.1 Å². The highest BCUT2D eigenvalue weighted by molar-refractivity contribution is 7.14. The molecule has 0 spiro atoms. The molecular weight excluding hydrogens is 479 g/mol. The molecule has 1 aliphatic heterocycles. The van der Waals surface area contributed by atoms with Crippen molar-refractivity contribution in [2.75, 3.05) is 31.1 Å². The first-order valence-electron chi connectivity index (χ1n) is 11.7. The first kappa shape index (κ1) is 25.3. The number of aliphatic carboxylic acids is 1. The molecule has 0 saturated carbocycles. The number of benzene rings is 2. The average Bonchev–Trinajstić information content (AvgIpc) is 3.37. The summed E-state index contributed by atoms with van der Waals surface area (Å²) >= 11 is 1.42. The van der Waals surface area contributed by atoms with Gasteiger partial charge in [-0.3, -0.25) is 9.59 Å². The Kier molecular flexibility index (Phi) is 8.24. The number of ether oxygens (including phenoxy) is 1. The van der Waals surface area contributed by atoms with Crippen LogP contribution in [0.25, 0.3) is 0 Å². The lowest BCUT2D eigenvalue weighted by atomic mass is 9.96. The van der Waals surface area contributed by atoms with Crippen LogP contribution in [-0.4, -0.2) is 48.1 Å². The van der Waals surface area contributed by atoms with Crippen molar-refractivity contribution in [2.24, 2.45) is 0 Å². The fourth-order valence-electron chi connectivity index (χ4n) is 4.10. The van der Waals surface area contributed by atoms with Gasteiger partial charge in [0.05, 0.1) is 17.2 Å². The van der Waals surface area contributed by atoms with Gasteiger partial charge in [0.1, 0.15) is 18.2 Å². The second-order valence-electron chi connectivity index (χ2n) is 8.42. The molecule has 8 heteroatoms. The van der Waals surface area contributed by atoms with Gasteiger partial charge in [-0.2, -0.15) is 0 Å². The number of halogens is 1. The molecule has 4 rings (SSSR count). The summed E-state index contributed by atoms with van der Waals surface area (Å²) in [4.78, 5) is 29.7. The Morgan fingerprint density at radius 1 is 1.03 bits per heavy atom. The van der Waals surface area contributed by atoms with Gasteiger partial charge in [-0.15, -0.1) is 17.3 Å². The van der Waals surface area contributed by atoms with E-state index in [1.165, 1.54) is 23.5 Å². The van der Waals surface area contributed by atoms with E-state index < -0.39 is 5.97 Å². The van der Waals surface area contributed by atoms with Crippen LogP contribution in [0.2, 0.25) is 0 Å². The van der Waals surface area contributed by atoms with E-state index in [-0.39, 0.29) is 24.1 Å². The minimum absolute atomic E-state index is 0.0101. The standard InChI is InChI=1S/C28H27FN2O4S/c1-2-3-21(18-27(32)33)20-4-10-24(11-5-20)35-19-25-12-13-26(36-25)28(34)31-16-14-30(15-17-31)23-8-6-22(29)7-9-23/h4-13,21H,14-19H2,1H3,(H,32,33)/t21-/m1/s1. The van der Waals surface area contributed by atoms with Crippen molar-refractivity contribution in [1.82, 2.24) is 4.90 Å². The fourth-order valence-corrected chi connectivity index (χ4v) is 4.99. The van der Waals surface area contributed by atoms with Gasteiger partial charge < -0.3 is 19.6 Å². The molecule has 36 heavy (non-hydrogen) atoms. The molecule has 1 aliphatic rings. The van der Waals surface area contributed by atoms with Crippen LogP contribution in [0, 0.1) is 17.7 Å². The summed E-state index contributed by atoms with van der Waals surface area (Å²) in [6, 6.07) is 17.5. The summed E-state index contributed by atoms with van der Waals surface area (Å²) in [7, 11) is 0. The van der Waals surface area contributed by atoms with Gasteiger partial charge in [0.2, 0.25) is 0 Å². The van der Waals surface area contributed by atoms with E-state index in [2.05, 4.69) is 16.7 Å². The molecule has 2 aromatic carbocycles. The van der Waals surface area contributed by atoms with Crippen LogP contribution < -0.4 is 9.64 Å². The smallest absolute Gasteiger partial charge is 0.304 e. The predicted octanol–water partition coefficient (Wildman–Crippen LogP) is 5.01. The van der Waals surface area contributed by atoms with E-state index in [1.54, 1.807) is 19.1 Å². The Hall–Kier alpha value is -3.83. The Morgan fingerprint density at radius 2 is 1.72 bits per heavy atom. The molecule has 1 fully saturated rings. The number of piperazine rings is 1. The minimum Gasteiger partial charge on any atom is -0.488 e. The zero-order valence-electron chi connectivity index (χ0n) is 19.9. The first-order chi connectivity index (χ1) is 17.4. The number of carbonyl (C=O) groups is 2. The lowest BCUT2D eigenvalue weighted by Gasteiger charge is -2.36. The number of hydrogen-bond acceptors (Lipinski definition) is 5. The number of anilines is 1. The lowest BCUT2D eigenvalue weighted by molar-refractivity contribution is -0.137. The van der Waals surface area contributed by atoms with Crippen molar-refractivity contribution in [3.63, 3.8) is 0 Å². The molecule has 1 saturated heterocycles. The Bertz CT molecular complexity index is 1250. The summed E-state index contributed by atoms with van der Waals surface area (Å²) in [5, 5.41) is 9.10. The highest BCUT2D eigenvalue weighted by atomic mass is 32.1. The van der Waals surface area contributed by atoms with E-state index in [1.807, 2.05) is 41.3 Å². The van der Waals surface area contributed by atoms with Gasteiger partial charge in [0, 0.05) is 36.7 Å². The molecule has 1 N–H and O–H groups in total. The van der Waals surface area contributed by atoms with Crippen LogP contribution in [-0.2, 0) is 11.4 Å². The molecule has 6 nitrogen and oxygen atoms in total. The molecule has 3 aromatic rings. The molecule has 0 bridgehead atoms. The molecular formula is C28H27FN2O4S. The number of amides is 1. The van der Waals surface area contributed by atoms with Crippen LogP contribution in [0.15, 0.2) is 60.7 Å². The number of hydrogen-bond donors (Lipinski definition) is 1. The number of carboxylic acids is 1. The maximum Gasteiger partial charge on any atom is 0.304 e. The maximum absolute atomic E-state index is 13.2. The van der Waals surface area contributed by atoms with E-state index in [9.17, 15) is 14.0 Å². The Morgan fingerprint density at radius 3 is 2.36 bits per heavy atom. The lowest BCUT2D eigenvalue weighted by Crippen LogP contribution is -2.48. The maximum atomic E-state index is 13.2. The fraction of sp³-hybridized carbons (Fsp3) is 0.286. The summed E-state index contributed by atoms with van der Waals surface area (Å²) < 4.78 is 19.0. The molecule has 186 valence electrons. The van der Waals surface area contributed by atoms with Gasteiger partial charge in [-0.05, 0) is 61.0 Å². The monoisotopic (exact) mass is 506 g/mol. The van der Waals surface area contributed by atoms with E-state index in [4.69, 9.17) is 9.84 Å². The highest BCUT2D eigenvalue weighted by Gasteiger charge is 2.23. The first-order valence-corrected chi connectivity index (χ1v) is 12.5. The number of thiophene rings is 1. The molecule has 0 radical (unpaired) electrons.